The highest BCUT2D eigenvalue weighted by Crippen LogP contribution is 2.28. The summed E-state index contributed by atoms with van der Waals surface area (Å²) in [6.07, 6.45) is 1.79. The molecular weight excluding hydrogens is 322 g/mol. The maximum Gasteiger partial charge on any atom is 0.320 e. The molecule has 2 unspecified atom stereocenters. The Labute approximate surface area is 127 Å². The maximum atomic E-state index is 11.4. The second kappa shape index (κ2) is 6.59. The van der Waals surface area contributed by atoms with Crippen LogP contribution in [0, 0.1) is 5.92 Å². The van der Waals surface area contributed by atoms with Crippen molar-refractivity contribution in [3.63, 3.8) is 0 Å². The van der Waals surface area contributed by atoms with Gasteiger partial charge in [0.2, 0.25) is 0 Å². The van der Waals surface area contributed by atoms with Crippen molar-refractivity contribution < 1.29 is 14.6 Å². The van der Waals surface area contributed by atoms with Crippen LogP contribution in [0.2, 0.25) is 0 Å². The number of carboxylic acid groups (broad SMARTS) is 1. The maximum absolute atomic E-state index is 11.4. The molecule has 1 aliphatic heterocycles. The molecule has 5 heteroatoms. The van der Waals surface area contributed by atoms with Crippen molar-refractivity contribution in [1.29, 1.82) is 0 Å². The molecule has 1 saturated heterocycles. The SMILES string of the molecule is COc1ccc(CN2CCC(C)CC2C(=O)O)cc1Br. The molecule has 110 valence electrons. The van der Waals surface area contributed by atoms with Crippen LogP contribution in [0.4, 0.5) is 0 Å². The summed E-state index contributed by atoms with van der Waals surface area (Å²) < 4.78 is 6.11. The number of carbonyl (C=O) groups is 1. The number of hydrogen-bond donors (Lipinski definition) is 1. The van der Waals surface area contributed by atoms with Crippen molar-refractivity contribution >= 4 is 21.9 Å². The average molecular weight is 342 g/mol. The van der Waals surface area contributed by atoms with Gasteiger partial charge in [0.05, 0.1) is 11.6 Å². The lowest BCUT2D eigenvalue weighted by Crippen LogP contribution is -2.46. The lowest BCUT2D eigenvalue weighted by atomic mass is 9.92. The number of halogens is 1. The van der Waals surface area contributed by atoms with Crippen LogP contribution in [0.15, 0.2) is 22.7 Å². The number of aliphatic carboxylic acids is 1. The van der Waals surface area contributed by atoms with E-state index in [-0.39, 0.29) is 6.04 Å². The van der Waals surface area contributed by atoms with E-state index < -0.39 is 5.97 Å². The number of benzene rings is 1. The Morgan fingerprint density at radius 2 is 2.30 bits per heavy atom. The Hall–Kier alpha value is -1.07. The van der Waals surface area contributed by atoms with E-state index in [0.29, 0.717) is 12.5 Å². The minimum atomic E-state index is -0.718. The van der Waals surface area contributed by atoms with E-state index >= 15 is 0 Å². The average Bonchev–Trinajstić information content (AvgIpc) is 2.41. The van der Waals surface area contributed by atoms with Gasteiger partial charge in [-0.1, -0.05) is 13.0 Å². The van der Waals surface area contributed by atoms with Crippen LogP contribution >= 0.6 is 15.9 Å². The highest BCUT2D eigenvalue weighted by atomic mass is 79.9. The molecule has 1 aromatic carbocycles. The van der Waals surface area contributed by atoms with Crippen LogP contribution < -0.4 is 4.74 Å². The van der Waals surface area contributed by atoms with Gasteiger partial charge in [0.1, 0.15) is 11.8 Å². The van der Waals surface area contributed by atoms with Crippen molar-refractivity contribution in [2.75, 3.05) is 13.7 Å². The summed E-state index contributed by atoms with van der Waals surface area (Å²) in [5.41, 5.74) is 1.10. The summed E-state index contributed by atoms with van der Waals surface area (Å²) in [4.78, 5) is 13.4. The molecule has 1 heterocycles. The zero-order chi connectivity index (χ0) is 14.7. The van der Waals surface area contributed by atoms with E-state index in [1.807, 2.05) is 18.2 Å². The van der Waals surface area contributed by atoms with Crippen molar-refractivity contribution in [1.82, 2.24) is 4.90 Å². The van der Waals surface area contributed by atoms with Gasteiger partial charge in [0.25, 0.3) is 0 Å². The quantitative estimate of drug-likeness (QED) is 0.913. The fourth-order valence-electron chi connectivity index (χ4n) is 2.68. The summed E-state index contributed by atoms with van der Waals surface area (Å²) in [6.45, 7) is 3.62. The third-order valence-electron chi connectivity index (χ3n) is 3.86. The molecule has 1 N–H and O–H groups in total. The molecule has 2 atom stereocenters. The van der Waals surface area contributed by atoms with Crippen molar-refractivity contribution in [2.45, 2.75) is 32.4 Å². The first kappa shape index (κ1) is 15.3. The lowest BCUT2D eigenvalue weighted by Gasteiger charge is -2.36. The normalized spacial score (nSPS) is 23.6. The first-order valence-corrected chi connectivity index (χ1v) is 7.60. The van der Waals surface area contributed by atoms with Crippen LogP contribution in [-0.4, -0.2) is 35.7 Å². The summed E-state index contributed by atoms with van der Waals surface area (Å²) in [7, 11) is 1.63. The number of rotatable bonds is 4. The van der Waals surface area contributed by atoms with E-state index in [9.17, 15) is 9.90 Å². The molecule has 1 fully saturated rings. The summed E-state index contributed by atoms with van der Waals surface area (Å²) >= 11 is 3.47. The van der Waals surface area contributed by atoms with Gasteiger partial charge in [-0.15, -0.1) is 0 Å². The predicted molar refractivity (Wildman–Crippen MR) is 80.9 cm³/mol. The predicted octanol–water partition coefficient (Wildman–Crippen LogP) is 3.14. The van der Waals surface area contributed by atoms with Gasteiger partial charge < -0.3 is 9.84 Å². The zero-order valence-electron chi connectivity index (χ0n) is 11.8. The van der Waals surface area contributed by atoms with Crippen LogP contribution in [0.25, 0.3) is 0 Å². The summed E-state index contributed by atoms with van der Waals surface area (Å²) in [5.74, 6) is 0.551. The Morgan fingerprint density at radius 3 is 2.90 bits per heavy atom. The topological polar surface area (TPSA) is 49.8 Å². The summed E-state index contributed by atoms with van der Waals surface area (Å²) in [5, 5.41) is 9.37. The van der Waals surface area contributed by atoms with Gasteiger partial charge in [-0.2, -0.15) is 0 Å². The molecule has 4 nitrogen and oxygen atoms in total. The van der Waals surface area contributed by atoms with Crippen LogP contribution in [0.1, 0.15) is 25.3 Å². The molecule has 0 aromatic heterocycles. The monoisotopic (exact) mass is 341 g/mol. The first-order valence-electron chi connectivity index (χ1n) is 6.80. The molecule has 1 aliphatic rings. The molecule has 1 aromatic rings. The third-order valence-corrected chi connectivity index (χ3v) is 4.48. The van der Waals surface area contributed by atoms with E-state index in [1.165, 1.54) is 0 Å². The number of nitrogens with zero attached hydrogens (tertiary/aromatic N) is 1. The number of piperidine rings is 1. The standard InChI is InChI=1S/C15H20BrNO3/c1-10-5-6-17(13(7-10)15(18)19)9-11-3-4-14(20-2)12(16)8-11/h3-4,8,10,13H,5-7,9H2,1-2H3,(H,18,19). The third kappa shape index (κ3) is 3.52. The largest absolute Gasteiger partial charge is 0.496 e. The molecule has 0 aliphatic carbocycles. The van der Waals surface area contributed by atoms with E-state index in [2.05, 4.69) is 27.8 Å². The Morgan fingerprint density at radius 1 is 1.55 bits per heavy atom. The second-order valence-corrected chi connectivity index (χ2v) is 6.28. The minimum absolute atomic E-state index is 0.375. The first-order chi connectivity index (χ1) is 9.51. The smallest absolute Gasteiger partial charge is 0.320 e. The van der Waals surface area contributed by atoms with Crippen molar-refractivity contribution in [3.8, 4) is 5.75 Å². The fourth-order valence-corrected chi connectivity index (χ4v) is 3.27. The zero-order valence-corrected chi connectivity index (χ0v) is 13.4. The number of carboxylic acids is 1. The molecule has 0 spiro atoms. The van der Waals surface area contributed by atoms with Crippen molar-refractivity contribution in [2.24, 2.45) is 5.92 Å². The van der Waals surface area contributed by atoms with Gasteiger partial charge in [0, 0.05) is 6.54 Å². The van der Waals surface area contributed by atoms with Gasteiger partial charge in [-0.25, -0.2) is 0 Å². The van der Waals surface area contributed by atoms with Crippen LogP contribution in [-0.2, 0) is 11.3 Å². The van der Waals surface area contributed by atoms with Gasteiger partial charge in [-0.05, 0) is 58.9 Å². The van der Waals surface area contributed by atoms with Gasteiger partial charge in [-0.3, -0.25) is 9.69 Å². The molecule has 0 amide bonds. The molecule has 0 saturated carbocycles. The number of likely N-dealkylation sites (tertiary alicyclic amines) is 1. The summed E-state index contributed by atoms with van der Waals surface area (Å²) in [6, 6.07) is 5.51. The molecule has 0 radical (unpaired) electrons. The number of ether oxygens (including phenoxy) is 1. The molecule has 2 rings (SSSR count). The number of hydrogen-bond acceptors (Lipinski definition) is 3. The molecule has 20 heavy (non-hydrogen) atoms. The van der Waals surface area contributed by atoms with Crippen LogP contribution in [0.3, 0.4) is 0 Å². The Bertz CT molecular complexity index is 492. The van der Waals surface area contributed by atoms with Gasteiger partial charge in [0.15, 0.2) is 0 Å². The van der Waals surface area contributed by atoms with E-state index in [4.69, 9.17) is 4.74 Å². The fraction of sp³-hybridized carbons (Fsp3) is 0.533. The highest BCUT2D eigenvalue weighted by Gasteiger charge is 2.31. The van der Waals surface area contributed by atoms with E-state index in [0.717, 1.165) is 35.2 Å². The van der Waals surface area contributed by atoms with Crippen molar-refractivity contribution in [3.05, 3.63) is 28.2 Å². The van der Waals surface area contributed by atoms with Gasteiger partial charge >= 0.3 is 5.97 Å². The number of methoxy groups -OCH3 is 1. The Kier molecular flexibility index (Phi) is 5.05. The van der Waals surface area contributed by atoms with Crippen LogP contribution in [0.5, 0.6) is 5.75 Å². The lowest BCUT2D eigenvalue weighted by molar-refractivity contribution is -0.145. The highest BCUT2D eigenvalue weighted by molar-refractivity contribution is 9.10. The Balaban J connectivity index is 2.11. The van der Waals surface area contributed by atoms with E-state index in [1.54, 1.807) is 7.11 Å². The minimum Gasteiger partial charge on any atom is -0.496 e. The molecule has 0 bridgehead atoms. The molecular formula is C15H20BrNO3. The second-order valence-electron chi connectivity index (χ2n) is 5.42.